The molecule has 1 saturated heterocycles. The Morgan fingerprint density at radius 2 is 2.06 bits per heavy atom. The summed E-state index contributed by atoms with van der Waals surface area (Å²) in [6, 6.07) is 11.8. The van der Waals surface area contributed by atoms with E-state index in [-0.39, 0.29) is 24.2 Å². The molecular weight excluding hydrogens is 458 g/mol. The van der Waals surface area contributed by atoms with E-state index in [2.05, 4.69) is 9.97 Å². The molecule has 0 aliphatic carbocycles. The van der Waals surface area contributed by atoms with Crippen LogP contribution in [0.2, 0.25) is 0 Å². The standard InChI is InChI=1S/C27H27N5O4/c1-3-27-15-21-20-14-19(36-2)7-8-22(20)29-23(21)24(17-5-4-6-18(33)13-17)32(27)26(35)31(25(27)34)12-11-30-10-9-28-16-30/h4-10,13-14,16,24,29,33H,3,11-12,15H2,1-2H3. The number of aromatic hydroxyl groups is 1. The number of ether oxygens (including phenoxy) is 1. The van der Waals surface area contributed by atoms with Crippen LogP contribution in [-0.2, 0) is 17.8 Å². The van der Waals surface area contributed by atoms with Gasteiger partial charge in [0.1, 0.15) is 23.1 Å². The first-order valence-corrected chi connectivity index (χ1v) is 12.0. The van der Waals surface area contributed by atoms with E-state index in [1.54, 1.807) is 42.7 Å². The lowest BCUT2D eigenvalue weighted by atomic mass is 9.78. The van der Waals surface area contributed by atoms with E-state index in [1.807, 2.05) is 42.0 Å². The highest BCUT2D eigenvalue weighted by Crippen LogP contribution is 2.50. The van der Waals surface area contributed by atoms with Gasteiger partial charge in [-0.1, -0.05) is 19.1 Å². The van der Waals surface area contributed by atoms with E-state index in [1.165, 1.54) is 4.90 Å². The quantitative estimate of drug-likeness (QED) is 0.404. The first-order chi connectivity index (χ1) is 17.5. The number of rotatable bonds is 6. The molecular formula is C27H27N5O4. The van der Waals surface area contributed by atoms with Crippen LogP contribution in [0.25, 0.3) is 10.9 Å². The van der Waals surface area contributed by atoms with Gasteiger partial charge in [-0.05, 0) is 47.9 Å². The van der Waals surface area contributed by atoms with Crippen LogP contribution in [0.1, 0.15) is 36.2 Å². The number of nitrogens with zero attached hydrogens (tertiary/aromatic N) is 4. The molecule has 0 radical (unpaired) electrons. The Morgan fingerprint density at radius 3 is 2.78 bits per heavy atom. The Hall–Kier alpha value is -4.27. The number of fused-ring (bicyclic) bond motifs is 4. The number of methoxy groups -OCH3 is 1. The number of benzene rings is 2. The van der Waals surface area contributed by atoms with Crippen LogP contribution in [-0.4, -0.2) is 60.6 Å². The van der Waals surface area contributed by atoms with E-state index in [0.717, 1.165) is 33.5 Å². The third-order valence-electron chi connectivity index (χ3n) is 7.60. The SMILES string of the molecule is CCC12Cc3c([nH]c4ccc(OC)cc34)C(c3cccc(O)c3)N1C(=O)N(CCn1ccnc1)C2=O. The van der Waals surface area contributed by atoms with Crippen LogP contribution in [0.15, 0.2) is 61.2 Å². The summed E-state index contributed by atoms with van der Waals surface area (Å²) in [5.74, 6) is 0.638. The minimum atomic E-state index is -1.03. The van der Waals surface area contributed by atoms with Gasteiger partial charge in [0.05, 0.1) is 13.4 Å². The number of phenols is 1. The molecule has 2 N–H and O–H groups in total. The molecule has 4 aromatic rings. The molecule has 4 heterocycles. The number of carbonyl (C=O) groups excluding carboxylic acids is 2. The maximum atomic E-state index is 14.1. The Kier molecular flexibility index (Phi) is 5.03. The number of hydrogen-bond acceptors (Lipinski definition) is 5. The van der Waals surface area contributed by atoms with E-state index < -0.39 is 11.6 Å². The van der Waals surface area contributed by atoms with Gasteiger partial charge in [-0.3, -0.25) is 14.6 Å². The number of nitrogens with one attached hydrogen (secondary N) is 1. The van der Waals surface area contributed by atoms with Crippen molar-refractivity contribution >= 4 is 22.8 Å². The second-order valence-electron chi connectivity index (χ2n) is 9.40. The first kappa shape index (κ1) is 22.2. The topological polar surface area (TPSA) is 104 Å². The van der Waals surface area contributed by atoms with Crippen molar-refractivity contribution in [3.8, 4) is 11.5 Å². The van der Waals surface area contributed by atoms with Gasteiger partial charge in [-0.2, -0.15) is 0 Å². The summed E-state index contributed by atoms with van der Waals surface area (Å²) in [7, 11) is 1.63. The number of aromatic nitrogens is 3. The van der Waals surface area contributed by atoms with E-state index in [0.29, 0.717) is 19.4 Å². The first-order valence-electron chi connectivity index (χ1n) is 12.0. The third kappa shape index (κ3) is 3.12. The highest BCUT2D eigenvalue weighted by atomic mass is 16.5. The number of H-pyrrole nitrogens is 1. The van der Waals surface area contributed by atoms with Crippen molar-refractivity contribution in [2.75, 3.05) is 13.7 Å². The number of amides is 3. The summed E-state index contributed by atoms with van der Waals surface area (Å²) < 4.78 is 7.33. The fourth-order valence-corrected chi connectivity index (χ4v) is 5.78. The van der Waals surface area contributed by atoms with Gasteiger partial charge in [0, 0.05) is 48.5 Å². The van der Waals surface area contributed by atoms with Gasteiger partial charge in [0.2, 0.25) is 0 Å². The van der Waals surface area contributed by atoms with Gasteiger partial charge in [-0.15, -0.1) is 0 Å². The summed E-state index contributed by atoms with van der Waals surface area (Å²) in [6.45, 7) is 2.67. The highest BCUT2D eigenvalue weighted by Gasteiger charge is 2.61. The number of phenolic OH excluding ortho intramolecular Hbond substituents is 1. The predicted octanol–water partition coefficient (Wildman–Crippen LogP) is 3.84. The molecule has 9 heteroatoms. The van der Waals surface area contributed by atoms with Crippen molar-refractivity contribution < 1.29 is 19.4 Å². The van der Waals surface area contributed by atoms with Gasteiger partial charge in [0.25, 0.3) is 5.91 Å². The zero-order chi connectivity index (χ0) is 25.0. The number of imidazole rings is 1. The second kappa shape index (κ2) is 8.15. The zero-order valence-electron chi connectivity index (χ0n) is 20.1. The Morgan fingerprint density at radius 1 is 1.19 bits per heavy atom. The molecule has 1 fully saturated rings. The molecule has 2 atom stereocenters. The van der Waals surface area contributed by atoms with E-state index in [4.69, 9.17) is 4.74 Å². The lowest BCUT2D eigenvalue weighted by Crippen LogP contribution is -2.55. The molecule has 2 aromatic heterocycles. The van der Waals surface area contributed by atoms with E-state index in [9.17, 15) is 14.7 Å². The van der Waals surface area contributed by atoms with Crippen molar-refractivity contribution in [3.63, 3.8) is 0 Å². The normalized spacial score (nSPS) is 21.2. The fourth-order valence-electron chi connectivity index (χ4n) is 5.78. The molecule has 0 spiro atoms. The predicted molar refractivity (Wildman–Crippen MR) is 133 cm³/mol. The highest BCUT2D eigenvalue weighted by molar-refractivity contribution is 6.08. The van der Waals surface area contributed by atoms with Crippen LogP contribution in [0.5, 0.6) is 11.5 Å². The third-order valence-corrected chi connectivity index (χ3v) is 7.60. The molecule has 0 saturated carbocycles. The number of hydrogen-bond donors (Lipinski definition) is 2. The van der Waals surface area contributed by atoms with Crippen molar-refractivity contribution in [1.29, 1.82) is 0 Å². The molecule has 36 heavy (non-hydrogen) atoms. The smallest absolute Gasteiger partial charge is 0.328 e. The van der Waals surface area contributed by atoms with Crippen LogP contribution >= 0.6 is 0 Å². The second-order valence-corrected chi connectivity index (χ2v) is 9.40. The summed E-state index contributed by atoms with van der Waals surface area (Å²) >= 11 is 0. The average molecular weight is 486 g/mol. The largest absolute Gasteiger partial charge is 0.508 e. The molecule has 2 aliphatic rings. The van der Waals surface area contributed by atoms with Gasteiger partial charge in [-0.25, -0.2) is 9.78 Å². The molecule has 9 nitrogen and oxygen atoms in total. The Balaban J connectivity index is 1.53. The molecule has 0 bridgehead atoms. The average Bonchev–Trinajstić information content (AvgIpc) is 3.58. The molecule has 2 aliphatic heterocycles. The van der Waals surface area contributed by atoms with Gasteiger partial charge >= 0.3 is 6.03 Å². The molecule has 3 amide bonds. The summed E-state index contributed by atoms with van der Waals surface area (Å²) in [5.41, 5.74) is 2.46. The zero-order valence-corrected chi connectivity index (χ0v) is 20.1. The lowest BCUT2D eigenvalue weighted by Gasteiger charge is -2.44. The number of aromatic amines is 1. The Bertz CT molecular complexity index is 1480. The number of carbonyl (C=O) groups is 2. The van der Waals surface area contributed by atoms with E-state index >= 15 is 0 Å². The van der Waals surface area contributed by atoms with Crippen LogP contribution in [0, 0.1) is 0 Å². The fraction of sp³-hybridized carbons (Fsp3) is 0.296. The number of imide groups is 1. The van der Waals surface area contributed by atoms with Gasteiger partial charge in [0.15, 0.2) is 0 Å². The van der Waals surface area contributed by atoms with Gasteiger partial charge < -0.3 is 19.4 Å². The van der Waals surface area contributed by atoms with Crippen LogP contribution < -0.4 is 4.74 Å². The van der Waals surface area contributed by atoms with Crippen molar-refractivity contribution in [2.24, 2.45) is 0 Å². The van der Waals surface area contributed by atoms with Crippen LogP contribution in [0.3, 0.4) is 0 Å². The summed E-state index contributed by atoms with van der Waals surface area (Å²) in [5, 5.41) is 11.3. The minimum Gasteiger partial charge on any atom is -0.508 e. The van der Waals surface area contributed by atoms with Crippen molar-refractivity contribution in [1.82, 2.24) is 24.3 Å². The molecule has 184 valence electrons. The maximum absolute atomic E-state index is 14.1. The van der Waals surface area contributed by atoms with Crippen molar-refractivity contribution in [2.45, 2.75) is 37.9 Å². The summed E-state index contributed by atoms with van der Waals surface area (Å²) in [4.78, 5) is 38.7. The molecule has 6 rings (SSSR count). The molecule has 2 aromatic carbocycles. The summed E-state index contributed by atoms with van der Waals surface area (Å²) in [6.07, 6.45) is 6.02. The number of urea groups is 1. The Labute approximate surface area is 207 Å². The monoisotopic (exact) mass is 485 g/mol. The molecule has 2 unspecified atom stereocenters. The minimum absolute atomic E-state index is 0.106. The van der Waals surface area contributed by atoms with Crippen LogP contribution in [0.4, 0.5) is 4.79 Å². The maximum Gasteiger partial charge on any atom is 0.328 e. The lowest BCUT2D eigenvalue weighted by molar-refractivity contribution is -0.134. The van der Waals surface area contributed by atoms with Crippen molar-refractivity contribution in [3.05, 3.63) is 78.0 Å².